The minimum atomic E-state index is -0.220. The molecule has 0 fully saturated rings. The molecule has 4 rings (SSSR count). The van der Waals surface area contributed by atoms with Crippen molar-refractivity contribution >= 4 is 51.7 Å². The van der Waals surface area contributed by atoms with Gasteiger partial charge in [-0.2, -0.15) is 0 Å². The monoisotopic (exact) mass is 443 g/mol. The molecule has 29 heavy (non-hydrogen) atoms. The lowest BCUT2D eigenvalue weighted by molar-refractivity contribution is 0.0949. The lowest BCUT2D eigenvalue weighted by Crippen LogP contribution is -2.25. The molecule has 0 saturated heterocycles. The maximum atomic E-state index is 12.5. The van der Waals surface area contributed by atoms with Gasteiger partial charge in [0.1, 0.15) is 5.82 Å². The van der Waals surface area contributed by atoms with E-state index in [1.165, 1.54) is 0 Å². The van der Waals surface area contributed by atoms with Gasteiger partial charge >= 0.3 is 0 Å². The van der Waals surface area contributed by atoms with Crippen LogP contribution in [0.4, 0.5) is 0 Å². The van der Waals surface area contributed by atoms with E-state index in [1.54, 1.807) is 24.3 Å². The maximum Gasteiger partial charge on any atom is 0.251 e. The van der Waals surface area contributed by atoms with Crippen LogP contribution in [0.25, 0.3) is 11.0 Å². The highest BCUT2D eigenvalue weighted by molar-refractivity contribution is 6.36. The Morgan fingerprint density at radius 2 is 1.66 bits per heavy atom. The third-order valence-electron chi connectivity index (χ3n) is 4.61. The average molecular weight is 445 g/mol. The van der Waals surface area contributed by atoms with E-state index in [0.717, 1.165) is 16.6 Å². The SMILES string of the molecule is O=C(NCc1nc2ccccc2n1Cc1c(Cl)cccc1Cl)c1cccc(Cl)c1. The van der Waals surface area contributed by atoms with Gasteiger partial charge in [0.05, 0.1) is 24.1 Å². The number of amides is 1. The molecule has 1 amide bonds. The van der Waals surface area contributed by atoms with Gasteiger partial charge in [-0.3, -0.25) is 4.79 Å². The average Bonchev–Trinajstić information content (AvgIpc) is 3.06. The first kappa shape index (κ1) is 19.8. The summed E-state index contributed by atoms with van der Waals surface area (Å²) in [4.78, 5) is 17.2. The first-order valence-electron chi connectivity index (χ1n) is 8.94. The topological polar surface area (TPSA) is 46.9 Å². The molecule has 0 bridgehead atoms. The van der Waals surface area contributed by atoms with Gasteiger partial charge in [0.25, 0.3) is 5.91 Å². The molecule has 0 spiro atoms. The van der Waals surface area contributed by atoms with Crippen LogP contribution < -0.4 is 5.32 Å². The van der Waals surface area contributed by atoms with E-state index < -0.39 is 0 Å². The maximum absolute atomic E-state index is 12.5. The summed E-state index contributed by atoms with van der Waals surface area (Å²) in [6.07, 6.45) is 0. The number of fused-ring (bicyclic) bond motifs is 1. The van der Waals surface area contributed by atoms with Gasteiger partial charge in [-0.25, -0.2) is 4.98 Å². The van der Waals surface area contributed by atoms with E-state index in [4.69, 9.17) is 34.8 Å². The second-order valence-electron chi connectivity index (χ2n) is 6.50. The molecule has 0 atom stereocenters. The summed E-state index contributed by atoms with van der Waals surface area (Å²) in [5, 5.41) is 4.60. The van der Waals surface area contributed by atoms with Crippen molar-refractivity contribution in [2.75, 3.05) is 0 Å². The predicted molar refractivity (Wildman–Crippen MR) is 118 cm³/mol. The number of nitrogens with zero attached hydrogens (tertiary/aromatic N) is 2. The summed E-state index contributed by atoms with van der Waals surface area (Å²) in [7, 11) is 0. The minimum Gasteiger partial charge on any atom is -0.345 e. The molecule has 0 aliphatic rings. The van der Waals surface area contributed by atoms with Gasteiger partial charge in [-0.15, -0.1) is 0 Å². The largest absolute Gasteiger partial charge is 0.345 e. The first-order valence-corrected chi connectivity index (χ1v) is 10.1. The Hall–Kier alpha value is -2.53. The molecule has 146 valence electrons. The number of halogens is 3. The predicted octanol–water partition coefficient (Wildman–Crippen LogP) is 5.97. The Balaban J connectivity index is 1.66. The van der Waals surface area contributed by atoms with Gasteiger partial charge in [0.15, 0.2) is 0 Å². The molecule has 4 nitrogen and oxygen atoms in total. The molecule has 1 N–H and O–H groups in total. The second-order valence-corrected chi connectivity index (χ2v) is 7.75. The van der Waals surface area contributed by atoms with Crippen LogP contribution in [-0.2, 0) is 13.1 Å². The van der Waals surface area contributed by atoms with E-state index in [0.29, 0.717) is 33.0 Å². The molecule has 0 unspecified atom stereocenters. The van der Waals surface area contributed by atoms with Gasteiger partial charge in [-0.1, -0.05) is 59.1 Å². The number of benzene rings is 3. The highest BCUT2D eigenvalue weighted by Crippen LogP contribution is 2.27. The van der Waals surface area contributed by atoms with E-state index in [2.05, 4.69) is 10.3 Å². The standard InChI is InChI=1S/C22H16Cl3N3O/c23-15-6-3-5-14(11-15)22(29)26-12-21-27-19-9-1-2-10-20(19)28(21)13-16-17(24)7-4-8-18(16)25/h1-11H,12-13H2,(H,26,29). The van der Waals surface area contributed by atoms with Crippen molar-refractivity contribution in [2.24, 2.45) is 0 Å². The molecule has 0 radical (unpaired) electrons. The molecule has 1 aromatic heterocycles. The number of aromatic nitrogens is 2. The Kier molecular flexibility index (Phi) is 5.76. The van der Waals surface area contributed by atoms with Gasteiger partial charge in [0, 0.05) is 26.2 Å². The molecule has 0 saturated carbocycles. The Bertz CT molecular complexity index is 1180. The zero-order valence-corrected chi connectivity index (χ0v) is 17.5. The second kappa shape index (κ2) is 8.46. The highest BCUT2D eigenvalue weighted by atomic mass is 35.5. The summed E-state index contributed by atoms with van der Waals surface area (Å²) >= 11 is 18.7. The highest BCUT2D eigenvalue weighted by Gasteiger charge is 2.15. The van der Waals surface area contributed by atoms with Crippen molar-refractivity contribution in [2.45, 2.75) is 13.1 Å². The summed E-state index contributed by atoms with van der Waals surface area (Å²) in [6.45, 7) is 0.698. The normalized spacial score (nSPS) is 11.0. The van der Waals surface area contributed by atoms with Crippen molar-refractivity contribution in [1.82, 2.24) is 14.9 Å². The van der Waals surface area contributed by atoms with Gasteiger partial charge in [0.2, 0.25) is 0 Å². The van der Waals surface area contributed by atoms with Crippen molar-refractivity contribution in [3.05, 3.63) is 98.7 Å². The van der Waals surface area contributed by atoms with E-state index >= 15 is 0 Å². The number of carbonyl (C=O) groups is 1. The summed E-state index contributed by atoms with van der Waals surface area (Å²) < 4.78 is 2.01. The smallest absolute Gasteiger partial charge is 0.251 e. The zero-order valence-electron chi connectivity index (χ0n) is 15.2. The van der Waals surface area contributed by atoms with Gasteiger partial charge < -0.3 is 9.88 Å². The third-order valence-corrected chi connectivity index (χ3v) is 5.55. The third kappa shape index (κ3) is 4.25. The van der Waals surface area contributed by atoms with Gasteiger partial charge in [-0.05, 0) is 42.5 Å². The van der Waals surface area contributed by atoms with E-state index in [1.807, 2.05) is 47.0 Å². The van der Waals surface area contributed by atoms with Crippen molar-refractivity contribution in [3.63, 3.8) is 0 Å². The first-order chi connectivity index (χ1) is 14.0. The summed E-state index contributed by atoms with van der Waals surface area (Å²) in [5.41, 5.74) is 3.08. The number of hydrogen-bond donors (Lipinski definition) is 1. The van der Waals surface area contributed by atoms with Crippen LogP contribution in [0.1, 0.15) is 21.7 Å². The quantitative estimate of drug-likeness (QED) is 0.412. The fourth-order valence-corrected chi connectivity index (χ4v) is 3.88. The number of rotatable bonds is 5. The lowest BCUT2D eigenvalue weighted by Gasteiger charge is -2.13. The van der Waals surface area contributed by atoms with Crippen LogP contribution in [0, 0.1) is 0 Å². The molecular formula is C22H16Cl3N3O. The van der Waals surface area contributed by atoms with Crippen molar-refractivity contribution < 1.29 is 4.79 Å². The van der Waals surface area contributed by atoms with E-state index in [-0.39, 0.29) is 12.5 Å². The lowest BCUT2D eigenvalue weighted by atomic mass is 10.2. The summed E-state index contributed by atoms with van der Waals surface area (Å²) in [6, 6.07) is 20.0. The molecule has 4 aromatic rings. The molecular weight excluding hydrogens is 429 g/mol. The summed E-state index contributed by atoms with van der Waals surface area (Å²) in [5.74, 6) is 0.486. The number of nitrogens with one attached hydrogen (secondary N) is 1. The zero-order chi connectivity index (χ0) is 20.4. The Morgan fingerprint density at radius 3 is 2.41 bits per heavy atom. The van der Waals surface area contributed by atoms with Crippen molar-refractivity contribution in [1.29, 1.82) is 0 Å². The van der Waals surface area contributed by atoms with Crippen LogP contribution in [0.5, 0.6) is 0 Å². The van der Waals surface area contributed by atoms with Crippen LogP contribution in [0.3, 0.4) is 0 Å². The molecule has 7 heteroatoms. The molecule has 3 aromatic carbocycles. The number of hydrogen-bond acceptors (Lipinski definition) is 2. The number of para-hydroxylation sites is 2. The molecule has 1 heterocycles. The van der Waals surface area contributed by atoms with Crippen LogP contribution in [0.15, 0.2) is 66.7 Å². The fourth-order valence-electron chi connectivity index (χ4n) is 3.17. The van der Waals surface area contributed by atoms with E-state index in [9.17, 15) is 4.79 Å². The number of imidazole rings is 1. The fraction of sp³-hybridized carbons (Fsp3) is 0.0909. The van der Waals surface area contributed by atoms with Crippen LogP contribution in [-0.4, -0.2) is 15.5 Å². The minimum absolute atomic E-state index is 0.220. The van der Waals surface area contributed by atoms with Crippen molar-refractivity contribution in [3.8, 4) is 0 Å². The molecule has 0 aliphatic heterocycles. The Labute approximate surface area is 183 Å². The molecule has 0 aliphatic carbocycles. The van der Waals surface area contributed by atoms with Crippen LogP contribution >= 0.6 is 34.8 Å². The van der Waals surface area contributed by atoms with Crippen LogP contribution in [0.2, 0.25) is 15.1 Å². The number of carbonyl (C=O) groups excluding carboxylic acids is 1. The Morgan fingerprint density at radius 1 is 0.931 bits per heavy atom.